The Bertz CT molecular complexity index is 1210. The second-order valence-electron chi connectivity index (χ2n) is 6.16. The second kappa shape index (κ2) is 7.14. The van der Waals surface area contributed by atoms with Gasteiger partial charge in [0.1, 0.15) is 11.1 Å². The van der Waals surface area contributed by atoms with Crippen LogP contribution < -0.4 is 5.56 Å². The maximum absolute atomic E-state index is 12.7. The summed E-state index contributed by atoms with van der Waals surface area (Å²) in [5.41, 5.74) is 2.62. The number of aryl methyl sites for hydroxylation is 2. The van der Waals surface area contributed by atoms with E-state index in [0.717, 1.165) is 26.5 Å². The highest BCUT2D eigenvalue weighted by Crippen LogP contribution is 2.29. The number of oxazole rings is 1. The molecule has 0 saturated heterocycles. The fourth-order valence-electron chi connectivity index (χ4n) is 2.75. The van der Waals surface area contributed by atoms with Gasteiger partial charge in [-0.3, -0.25) is 9.36 Å². The summed E-state index contributed by atoms with van der Waals surface area (Å²) in [4.78, 5) is 23.8. The molecule has 4 rings (SSSR count). The lowest BCUT2D eigenvalue weighted by atomic mass is 10.2. The monoisotopic (exact) mass is 417 g/mol. The molecule has 0 spiro atoms. The Hall–Kier alpha value is -2.09. The first-order valence-electron chi connectivity index (χ1n) is 8.24. The van der Waals surface area contributed by atoms with Crippen LogP contribution in [-0.4, -0.2) is 14.5 Å². The third-order valence-corrected chi connectivity index (χ3v) is 6.74. The van der Waals surface area contributed by atoms with E-state index in [1.54, 1.807) is 35.3 Å². The third-order valence-electron chi connectivity index (χ3n) is 4.34. The Morgan fingerprint density at radius 2 is 2.11 bits per heavy atom. The predicted molar refractivity (Wildman–Crippen MR) is 111 cm³/mol. The highest BCUT2D eigenvalue weighted by atomic mass is 35.5. The molecule has 3 heterocycles. The van der Waals surface area contributed by atoms with Gasteiger partial charge in [0.2, 0.25) is 5.89 Å². The summed E-state index contributed by atoms with van der Waals surface area (Å²) < 4.78 is 7.17. The van der Waals surface area contributed by atoms with Crippen LogP contribution in [0.5, 0.6) is 0 Å². The Morgan fingerprint density at radius 1 is 1.30 bits per heavy atom. The summed E-state index contributed by atoms with van der Waals surface area (Å²) in [5, 5.41) is 2.02. The molecule has 0 unspecified atom stereocenters. The Kier molecular flexibility index (Phi) is 4.84. The van der Waals surface area contributed by atoms with E-state index in [1.165, 1.54) is 11.8 Å². The molecule has 0 fully saturated rings. The van der Waals surface area contributed by atoms with Crippen LogP contribution in [-0.2, 0) is 12.8 Å². The third kappa shape index (κ3) is 3.42. The minimum absolute atomic E-state index is 0.0101. The van der Waals surface area contributed by atoms with Crippen LogP contribution in [0.1, 0.15) is 16.1 Å². The van der Waals surface area contributed by atoms with E-state index >= 15 is 0 Å². The van der Waals surface area contributed by atoms with Crippen LogP contribution in [0, 0.1) is 13.8 Å². The van der Waals surface area contributed by atoms with Gasteiger partial charge in [0.15, 0.2) is 5.16 Å². The Labute approximate surface area is 169 Å². The lowest BCUT2D eigenvalue weighted by Gasteiger charge is -2.06. The molecule has 0 radical (unpaired) electrons. The highest BCUT2D eigenvalue weighted by molar-refractivity contribution is 7.98. The summed E-state index contributed by atoms with van der Waals surface area (Å²) in [6, 6.07) is 7.37. The van der Waals surface area contributed by atoms with E-state index in [1.807, 2.05) is 32.0 Å². The Morgan fingerprint density at radius 3 is 2.89 bits per heavy atom. The topological polar surface area (TPSA) is 60.9 Å². The zero-order chi connectivity index (χ0) is 19.1. The van der Waals surface area contributed by atoms with E-state index in [4.69, 9.17) is 16.0 Å². The SMILES string of the molecule is Cc1sc2nc(SCc3coc(-c4cccc(Cl)c4)n3)n(C)c(=O)c2c1C. The summed E-state index contributed by atoms with van der Waals surface area (Å²) in [5.74, 6) is 1.08. The molecule has 138 valence electrons. The minimum Gasteiger partial charge on any atom is -0.444 e. The van der Waals surface area contributed by atoms with Crippen LogP contribution in [0.4, 0.5) is 0 Å². The number of halogens is 1. The highest BCUT2D eigenvalue weighted by Gasteiger charge is 2.15. The number of rotatable bonds is 4. The van der Waals surface area contributed by atoms with Crippen molar-refractivity contribution in [2.45, 2.75) is 24.8 Å². The molecular weight excluding hydrogens is 402 g/mol. The van der Waals surface area contributed by atoms with E-state index in [9.17, 15) is 4.79 Å². The van der Waals surface area contributed by atoms with Crippen molar-refractivity contribution in [1.29, 1.82) is 0 Å². The molecule has 4 aromatic rings. The zero-order valence-electron chi connectivity index (χ0n) is 14.9. The van der Waals surface area contributed by atoms with Crippen molar-refractivity contribution in [2.24, 2.45) is 7.05 Å². The van der Waals surface area contributed by atoms with Crippen molar-refractivity contribution < 1.29 is 4.42 Å². The molecule has 0 aliphatic rings. The van der Waals surface area contributed by atoms with Crippen molar-refractivity contribution >= 4 is 44.9 Å². The second-order valence-corrected chi connectivity index (χ2v) is 8.75. The number of fused-ring (bicyclic) bond motifs is 1. The van der Waals surface area contributed by atoms with Crippen molar-refractivity contribution in [3.63, 3.8) is 0 Å². The van der Waals surface area contributed by atoms with Gasteiger partial charge in [-0.1, -0.05) is 29.4 Å². The molecule has 0 amide bonds. The summed E-state index contributed by atoms with van der Waals surface area (Å²) in [6.07, 6.45) is 1.62. The molecular formula is C19H16ClN3O2S2. The number of hydrogen-bond donors (Lipinski definition) is 0. The van der Waals surface area contributed by atoms with Crippen molar-refractivity contribution in [2.75, 3.05) is 0 Å². The summed E-state index contributed by atoms with van der Waals surface area (Å²) >= 11 is 9.04. The van der Waals surface area contributed by atoms with Gasteiger partial charge < -0.3 is 4.42 Å². The van der Waals surface area contributed by atoms with Crippen LogP contribution in [0.3, 0.4) is 0 Å². The van der Waals surface area contributed by atoms with Crippen LogP contribution in [0.15, 0.2) is 44.9 Å². The normalized spacial score (nSPS) is 11.4. The average Bonchev–Trinajstić information content (AvgIpc) is 3.22. The van der Waals surface area contributed by atoms with Crippen molar-refractivity contribution in [3.05, 3.63) is 62.0 Å². The van der Waals surface area contributed by atoms with E-state index in [0.29, 0.717) is 27.2 Å². The Balaban J connectivity index is 1.59. The fourth-order valence-corrected chi connectivity index (χ4v) is 4.86. The van der Waals surface area contributed by atoms with Gasteiger partial charge in [-0.2, -0.15) is 0 Å². The van der Waals surface area contributed by atoms with Gasteiger partial charge in [0.25, 0.3) is 5.56 Å². The first kappa shape index (κ1) is 18.3. The van der Waals surface area contributed by atoms with E-state index < -0.39 is 0 Å². The molecule has 27 heavy (non-hydrogen) atoms. The summed E-state index contributed by atoms with van der Waals surface area (Å²) in [6.45, 7) is 3.98. The standard InChI is InChI=1S/C19H16ClN3O2S2/c1-10-11(2)27-17-15(10)18(24)23(3)19(22-17)26-9-14-8-25-16(21-14)12-5-4-6-13(20)7-12/h4-8H,9H2,1-3H3. The lowest BCUT2D eigenvalue weighted by Crippen LogP contribution is -2.19. The molecule has 0 saturated carbocycles. The maximum Gasteiger partial charge on any atom is 0.262 e. The molecule has 0 aliphatic carbocycles. The average molecular weight is 418 g/mol. The van der Waals surface area contributed by atoms with E-state index in [-0.39, 0.29) is 5.56 Å². The fraction of sp³-hybridized carbons (Fsp3) is 0.211. The number of benzene rings is 1. The number of thioether (sulfide) groups is 1. The first-order valence-corrected chi connectivity index (χ1v) is 10.4. The maximum atomic E-state index is 12.7. The minimum atomic E-state index is -0.0101. The number of hydrogen-bond acceptors (Lipinski definition) is 6. The molecule has 8 heteroatoms. The van der Waals surface area contributed by atoms with Gasteiger partial charge in [-0.05, 0) is 37.6 Å². The molecule has 3 aromatic heterocycles. The van der Waals surface area contributed by atoms with Crippen molar-refractivity contribution in [1.82, 2.24) is 14.5 Å². The zero-order valence-corrected chi connectivity index (χ0v) is 17.3. The van der Waals surface area contributed by atoms with Gasteiger partial charge in [-0.25, -0.2) is 9.97 Å². The molecule has 0 N–H and O–H groups in total. The van der Waals surface area contributed by atoms with Crippen LogP contribution in [0.2, 0.25) is 5.02 Å². The van der Waals surface area contributed by atoms with Crippen LogP contribution >= 0.6 is 34.7 Å². The predicted octanol–water partition coefficient (Wildman–Crippen LogP) is 5.21. The number of aromatic nitrogens is 3. The van der Waals surface area contributed by atoms with Crippen LogP contribution in [0.25, 0.3) is 21.7 Å². The van der Waals surface area contributed by atoms with E-state index in [2.05, 4.69) is 9.97 Å². The summed E-state index contributed by atoms with van der Waals surface area (Å²) in [7, 11) is 1.75. The lowest BCUT2D eigenvalue weighted by molar-refractivity contribution is 0.573. The van der Waals surface area contributed by atoms with Crippen molar-refractivity contribution in [3.8, 4) is 11.5 Å². The van der Waals surface area contributed by atoms with Gasteiger partial charge in [0.05, 0.1) is 11.1 Å². The molecule has 0 atom stereocenters. The number of nitrogens with zero attached hydrogens (tertiary/aromatic N) is 3. The number of thiophene rings is 1. The van der Waals surface area contributed by atoms with Gasteiger partial charge in [0, 0.05) is 28.3 Å². The van der Waals surface area contributed by atoms with Gasteiger partial charge >= 0.3 is 0 Å². The molecule has 5 nitrogen and oxygen atoms in total. The molecule has 1 aromatic carbocycles. The molecule has 0 aliphatic heterocycles. The molecule has 0 bridgehead atoms. The first-order chi connectivity index (χ1) is 12.9. The largest absolute Gasteiger partial charge is 0.444 e. The van der Waals surface area contributed by atoms with Gasteiger partial charge in [-0.15, -0.1) is 11.3 Å². The quantitative estimate of drug-likeness (QED) is 0.337. The smallest absolute Gasteiger partial charge is 0.262 e.